The van der Waals surface area contributed by atoms with Crippen LogP contribution in [0.15, 0.2) is 42.5 Å². The van der Waals surface area contributed by atoms with Gasteiger partial charge in [-0.15, -0.1) is 0 Å². The summed E-state index contributed by atoms with van der Waals surface area (Å²) in [6, 6.07) is 10.9. The van der Waals surface area contributed by atoms with E-state index in [9.17, 15) is 24.3 Å². The molecule has 2 aromatic rings. The first-order valence-corrected chi connectivity index (χ1v) is 11.5. The van der Waals surface area contributed by atoms with Gasteiger partial charge in [0.25, 0.3) is 5.91 Å². The van der Waals surface area contributed by atoms with Gasteiger partial charge in [-0.3, -0.25) is 19.2 Å². The molecular formula is C25H30N2O8. The van der Waals surface area contributed by atoms with Gasteiger partial charge in [-0.2, -0.15) is 0 Å². The molecule has 4 N–H and O–H groups in total. The van der Waals surface area contributed by atoms with Gasteiger partial charge in [-0.25, -0.2) is 0 Å². The van der Waals surface area contributed by atoms with Crippen molar-refractivity contribution >= 4 is 34.5 Å². The van der Waals surface area contributed by atoms with Gasteiger partial charge < -0.3 is 30.3 Å². The minimum Gasteiger partial charge on any atom is -0.481 e. The topological polar surface area (TPSA) is 151 Å². The number of amides is 2. The van der Waals surface area contributed by atoms with E-state index < -0.39 is 48.2 Å². The van der Waals surface area contributed by atoms with Crippen LogP contribution in [0.1, 0.15) is 39.5 Å². The van der Waals surface area contributed by atoms with Gasteiger partial charge in [0, 0.05) is 18.2 Å². The fraction of sp³-hybridized carbons (Fsp3) is 0.440. The molecule has 188 valence electrons. The maximum absolute atomic E-state index is 13.2. The Kier molecular flexibility index (Phi) is 8.64. The number of carbonyl (C=O) groups is 4. The number of benzene rings is 2. The van der Waals surface area contributed by atoms with Gasteiger partial charge in [0.1, 0.15) is 17.8 Å². The Balaban J connectivity index is 1.77. The number of aliphatic hydroxyl groups is 1. The van der Waals surface area contributed by atoms with Crippen molar-refractivity contribution in [3.8, 4) is 5.75 Å². The molecule has 1 fully saturated rings. The number of esters is 1. The zero-order chi connectivity index (χ0) is 25.5. The molecule has 1 aliphatic heterocycles. The van der Waals surface area contributed by atoms with E-state index >= 15 is 0 Å². The number of carbonyl (C=O) groups excluding carboxylic acids is 3. The Hall–Kier alpha value is -3.66. The number of ether oxygens (including phenoxy) is 2. The minimum absolute atomic E-state index is 0.0221. The first kappa shape index (κ1) is 26.0. The van der Waals surface area contributed by atoms with E-state index in [1.807, 2.05) is 44.2 Å². The largest absolute Gasteiger partial charge is 0.481 e. The van der Waals surface area contributed by atoms with Crippen molar-refractivity contribution < 1.29 is 38.9 Å². The normalized spacial score (nSPS) is 19.1. The van der Waals surface area contributed by atoms with Crippen LogP contribution in [-0.4, -0.2) is 58.4 Å². The van der Waals surface area contributed by atoms with E-state index in [1.165, 1.54) is 0 Å². The Morgan fingerprint density at radius 2 is 1.83 bits per heavy atom. The minimum atomic E-state index is -1.46. The zero-order valence-electron chi connectivity index (χ0n) is 19.6. The molecule has 2 aromatic carbocycles. The fourth-order valence-electron chi connectivity index (χ4n) is 3.87. The van der Waals surface area contributed by atoms with Gasteiger partial charge in [0.05, 0.1) is 6.42 Å². The Morgan fingerprint density at radius 1 is 1.11 bits per heavy atom. The van der Waals surface area contributed by atoms with Crippen LogP contribution in [0.25, 0.3) is 10.8 Å². The van der Waals surface area contributed by atoms with Crippen LogP contribution in [-0.2, 0) is 23.9 Å². The number of carboxylic acid groups (broad SMARTS) is 1. The molecule has 3 rings (SSSR count). The second kappa shape index (κ2) is 11.7. The molecule has 1 saturated heterocycles. The molecule has 10 nitrogen and oxygen atoms in total. The number of hydrogen-bond acceptors (Lipinski definition) is 7. The van der Waals surface area contributed by atoms with Crippen molar-refractivity contribution in [2.45, 2.75) is 64.0 Å². The SMILES string of the molecule is CC(C)C[C@H](NC(=O)[C@@H](CCC(=O)O)Oc1cccc2ccccc12)C(=O)N[C@H]1CC(=O)OC1O. The number of nitrogens with one attached hydrogen (secondary N) is 2. The van der Waals surface area contributed by atoms with Gasteiger partial charge in [0.15, 0.2) is 6.10 Å². The van der Waals surface area contributed by atoms with Crippen molar-refractivity contribution in [1.82, 2.24) is 10.6 Å². The van der Waals surface area contributed by atoms with Gasteiger partial charge in [-0.05, 0) is 23.8 Å². The monoisotopic (exact) mass is 486 g/mol. The number of carboxylic acids is 1. The molecule has 0 radical (unpaired) electrons. The molecule has 10 heteroatoms. The van der Waals surface area contributed by atoms with Crippen molar-refractivity contribution in [3.63, 3.8) is 0 Å². The molecule has 0 aromatic heterocycles. The number of aliphatic hydroxyl groups excluding tert-OH is 1. The predicted octanol–water partition coefficient (Wildman–Crippen LogP) is 1.73. The lowest BCUT2D eigenvalue weighted by molar-refractivity contribution is -0.155. The smallest absolute Gasteiger partial charge is 0.310 e. The van der Waals surface area contributed by atoms with Crippen LogP contribution in [0.2, 0.25) is 0 Å². The quantitative estimate of drug-likeness (QED) is 0.351. The summed E-state index contributed by atoms with van der Waals surface area (Å²) in [6.45, 7) is 3.75. The average molecular weight is 487 g/mol. The number of rotatable bonds is 11. The summed E-state index contributed by atoms with van der Waals surface area (Å²) in [5, 5.41) is 25.8. The average Bonchev–Trinajstić information content (AvgIpc) is 3.11. The van der Waals surface area contributed by atoms with Crippen LogP contribution in [0.4, 0.5) is 0 Å². The summed E-state index contributed by atoms with van der Waals surface area (Å²) in [7, 11) is 0. The van der Waals surface area contributed by atoms with Crippen molar-refractivity contribution in [3.05, 3.63) is 42.5 Å². The van der Waals surface area contributed by atoms with E-state index in [0.717, 1.165) is 10.8 Å². The lowest BCUT2D eigenvalue weighted by Crippen LogP contribution is -2.54. The predicted molar refractivity (Wildman–Crippen MR) is 125 cm³/mol. The third kappa shape index (κ3) is 7.16. The maximum Gasteiger partial charge on any atom is 0.310 e. The van der Waals surface area contributed by atoms with Crippen LogP contribution < -0.4 is 15.4 Å². The number of hydrogen-bond donors (Lipinski definition) is 4. The van der Waals surface area contributed by atoms with Crippen LogP contribution in [0.3, 0.4) is 0 Å². The summed E-state index contributed by atoms with van der Waals surface area (Å²) in [6.07, 6.45) is -2.95. The zero-order valence-corrected chi connectivity index (χ0v) is 19.6. The lowest BCUT2D eigenvalue weighted by atomic mass is 10.0. The van der Waals surface area contributed by atoms with Gasteiger partial charge >= 0.3 is 11.9 Å². The fourth-order valence-corrected chi connectivity index (χ4v) is 3.87. The Labute approximate surface area is 202 Å². The highest BCUT2D eigenvalue weighted by atomic mass is 16.6. The molecule has 0 aliphatic carbocycles. The van der Waals surface area contributed by atoms with Crippen molar-refractivity contribution in [1.29, 1.82) is 0 Å². The number of cyclic esters (lactones) is 1. The summed E-state index contributed by atoms with van der Waals surface area (Å²) in [5.74, 6) is -2.50. The number of fused-ring (bicyclic) bond motifs is 1. The molecule has 35 heavy (non-hydrogen) atoms. The van der Waals surface area contributed by atoms with Crippen molar-refractivity contribution in [2.24, 2.45) is 5.92 Å². The van der Waals surface area contributed by atoms with Crippen molar-refractivity contribution in [2.75, 3.05) is 0 Å². The first-order chi connectivity index (χ1) is 16.6. The summed E-state index contributed by atoms with van der Waals surface area (Å²) >= 11 is 0. The van der Waals surface area contributed by atoms with E-state index in [-0.39, 0.29) is 31.6 Å². The molecule has 4 atom stereocenters. The Bertz CT molecular complexity index is 1080. The molecule has 0 saturated carbocycles. The lowest BCUT2D eigenvalue weighted by Gasteiger charge is -2.25. The molecule has 0 bridgehead atoms. The summed E-state index contributed by atoms with van der Waals surface area (Å²) < 4.78 is 10.6. The van der Waals surface area contributed by atoms with Crippen LogP contribution in [0.5, 0.6) is 5.75 Å². The van der Waals surface area contributed by atoms with E-state index in [1.54, 1.807) is 12.1 Å². The molecule has 2 amide bonds. The molecule has 1 unspecified atom stereocenters. The first-order valence-electron chi connectivity index (χ1n) is 11.5. The molecule has 1 aliphatic rings. The van der Waals surface area contributed by atoms with E-state index in [0.29, 0.717) is 5.75 Å². The van der Waals surface area contributed by atoms with E-state index in [4.69, 9.17) is 9.84 Å². The summed E-state index contributed by atoms with van der Waals surface area (Å²) in [5.41, 5.74) is 0. The highest BCUT2D eigenvalue weighted by molar-refractivity contribution is 5.91. The molecule has 0 spiro atoms. The van der Waals surface area contributed by atoms with E-state index in [2.05, 4.69) is 15.4 Å². The third-order valence-electron chi connectivity index (χ3n) is 5.58. The highest BCUT2D eigenvalue weighted by Crippen LogP contribution is 2.27. The van der Waals surface area contributed by atoms with Crippen LogP contribution >= 0.6 is 0 Å². The summed E-state index contributed by atoms with van der Waals surface area (Å²) in [4.78, 5) is 48.7. The van der Waals surface area contributed by atoms with Crippen LogP contribution in [0, 0.1) is 5.92 Å². The Morgan fingerprint density at radius 3 is 2.49 bits per heavy atom. The van der Waals surface area contributed by atoms with Gasteiger partial charge in [-0.1, -0.05) is 50.2 Å². The number of aliphatic carboxylic acids is 1. The highest BCUT2D eigenvalue weighted by Gasteiger charge is 2.36. The second-order valence-electron chi connectivity index (χ2n) is 8.91. The van der Waals surface area contributed by atoms with Gasteiger partial charge in [0.2, 0.25) is 12.2 Å². The maximum atomic E-state index is 13.2. The molecular weight excluding hydrogens is 456 g/mol. The third-order valence-corrected chi connectivity index (χ3v) is 5.58. The molecule has 1 heterocycles. The standard InChI is InChI=1S/C25H30N2O8/c1-14(2)12-17(23(31)27-18-13-22(30)35-25(18)33)26-24(32)20(10-11-21(28)29)34-19-9-5-7-15-6-3-4-8-16(15)19/h3-9,14,17-18,20,25,33H,10-13H2,1-2H3,(H,26,32)(H,27,31)(H,28,29)/t17-,18-,20+,25?/m0/s1. The second-order valence-corrected chi connectivity index (χ2v) is 8.91.